The van der Waals surface area contributed by atoms with Crippen LogP contribution in [-0.4, -0.2) is 42.0 Å². The van der Waals surface area contributed by atoms with Crippen LogP contribution < -0.4 is 4.90 Å². The van der Waals surface area contributed by atoms with E-state index in [-0.39, 0.29) is 0 Å². The van der Waals surface area contributed by atoms with E-state index in [1.807, 2.05) is 17.0 Å². The Hall–Kier alpha value is -1.29. The number of rotatable bonds is 2. The molecule has 4 nitrogen and oxygen atoms in total. The fourth-order valence-electron chi connectivity index (χ4n) is 2.55. The highest BCUT2D eigenvalue weighted by Crippen LogP contribution is 2.31. The van der Waals surface area contributed by atoms with Gasteiger partial charge in [0.2, 0.25) is 5.91 Å². The normalized spacial score (nSPS) is 20.3. The van der Waals surface area contributed by atoms with Gasteiger partial charge < -0.3 is 9.80 Å². The molecule has 0 N–H and O–H groups in total. The standard InChI is InChI=1S/C14H18ClN3O/c15-12-3-1-6-16-13(12)17-7-2-8-18(10-9-17)14(19)11-4-5-11/h1,3,6,11H,2,4-5,7-10H2. The van der Waals surface area contributed by atoms with E-state index in [9.17, 15) is 4.79 Å². The summed E-state index contributed by atoms with van der Waals surface area (Å²) in [6, 6.07) is 3.70. The van der Waals surface area contributed by atoms with Crippen LogP contribution in [0.1, 0.15) is 19.3 Å². The molecule has 0 atom stereocenters. The Morgan fingerprint density at radius 2 is 2.11 bits per heavy atom. The van der Waals surface area contributed by atoms with E-state index in [4.69, 9.17) is 11.6 Å². The second-order valence-electron chi connectivity index (χ2n) is 5.25. The first-order valence-corrected chi connectivity index (χ1v) is 7.28. The van der Waals surface area contributed by atoms with Crippen LogP contribution in [0.5, 0.6) is 0 Å². The van der Waals surface area contributed by atoms with Gasteiger partial charge in [0.15, 0.2) is 0 Å². The van der Waals surface area contributed by atoms with Gasteiger partial charge in [0.25, 0.3) is 0 Å². The lowest BCUT2D eigenvalue weighted by atomic mass is 10.3. The number of pyridine rings is 1. The summed E-state index contributed by atoms with van der Waals surface area (Å²) >= 11 is 6.19. The lowest BCUT2D eigenvalue weighted by molar-refractivity contribution is -0.132. The molecule has 1 saturated heterocycles. The Kier molecular flexibility index (Phi) is 3.60. The zero-order chi connectivity index (χ0) is 13.2. The number of hydrogen-bond acceptors (Lipinski definition) is 3. The number of aromatic nitrogens is 1. The maximum atomic E-state index is 12.1. The minimum absolute atomic E-state index is 0.310. The Labute approximate surface area is 118 Å². The molecule has 0 unspecified atom stereocenters. The molecule has 1 aliphatic carbocycles. The molecule has 2 heterocycles. The highest BCUT2D eigenvalue weighted by Gasteiger charge is 2.34. The lowest BCUT2D eigenvalue weighted by Gasteiger charge is -2.23. The SMILES string of the molecule is O=C(C1CC1)N1CCCN(c2ncccc2Cl)CC1. The molecule has 1 aromatic heterocycles. The summed E-state index contributed by atoms with van der Waals surface area (Å²) in [6.45, 7) is 3.36. The monoisotopic (exact) mass is 279 g/mol. The van der Waals surface area contributed by atoms with Gasteiger partial charge in [-0.2, -0.15) is 0 Å². The van der Waals surface area contributed by atoms with Crippen LogP contribution in [0, 0.1) is 5.92 Å². The fourth-order valence-corrected chi connectivity index (χ4v) is 2.79. The molecular weight excluding hydrogens is 262 g/mol. The minimum atomic E-state index is 0.310. The smallest absolute Gasteiger partial charge is 0.225 e. The number of carbonyl (C=O) groups excluding carboxylic acids is 1. The molecular formula is C14H18ClN3O. The van der Waals surface area contributed by atoms with Crippen LogP contribution >= 0.6 is 11.6 Å². The van der Waals surface area contributed by atoms with Crippen molar-refractivity contribution in [3.05, 3.63) is 23.4 Å². The molecule has 0 bridgehead atoms. The maximum absolute atomic E-state index is 12.1. The van der Waals surface area contributed by atoms with Crippen LogP contribution in [0.25, 0.3) is 0 Å². The Balaban J connectivity index is 1.67. The maximum Gasteiger partial charge on any atom is 0.225 e. The molecule has 19 heavy (non-hydrogen) atoms. The lowest BCUT2D eigenvalue weighted by Crippen LogP contribution is -2.36. The van der Waals surface area contributed by atoms with Crippen LogP contribution in [-0.2, 0) is 4.79 Å². The van der Waals surface area contributed by atoms with Crippen molar-refractivity contribution in [2.24, 2.45) is 5.92 Å². The summed E-state index contributed by atoms with van der Waals surface area (Å²) in [7, 11) is 0. The number of nitrogens with zero attached hydrogens (tertiary/aromatic N) is 3. The average Bonchev–Trinajstić information content (AvgIpc) is 3.25. The van der Waals surface area contributed by atoms with Gasteiger partial charge in [0.1, 0.15) is 5.82 Å². The molecule has 0 spiro atoms. The molecule has 5 heteroatoms. The second kappa shape index (κ2) is 5.37. The van der Waals surface area contributed by atoms with Crippen LogP contribution in [0.2, 0.25) is 5.02 Å². The number of amides is 1. The molecule has 1 aliphatic heterocycles. The summed E-state index contributed by atoms with van der Waals surface area (Å²) in [4.78, 5) is 20.6. The van der Waals surface area contributed by atoms with E-state index in [0.29, 0.717) is 16.8 Å². The van der Waals surface area contributed by atoms with Crippen molar-refractivity contribution in [2.45, 2.75) is 19.3 Å². The van der Waals surface area contributed by atoms with Crippen LogP contribution in [0.4, 0.5) is 5.82 Å². The summed E-state index contributed by atoms with van der Waals surface area (Å²) in [5.74, 6) is 1.49. The molecule has 0 aromatic carbocycles. The molecule has 1 saturated carbocycles. The van der Waals surface area contributed by atoms with Crippen LogP contribution in [0.3, 0.4) is 0 Å². The predicted molar refractivity (Wildman–Crippen MR) is 75.4 cm³/mol. The van der Waals surface area contributed by atoms with Gasteiger partial charge in [-0.1, -0.05) is 11.6 Å². The number of halogens is 1. The molecule has 3 rings (SSSR count). The summed E-state index contributed by atoms with van der Waals surface area (Å²) in [6.07, 6.45) is 4.89. The van der Waals surface area contributed by atoms with Gasteiger partial charge in [-0.15, -0.1) is 0 Å². The van der Waals surface area contributed by atoms with E-state index in [2.05, 4.69) is 9.88 Å². The minimum Gasteiger partial charge on any atom is -0.354 e. The van der Waals surface area contributed by atoms with E-state index < -0.39 is 0 Å². The van der Waals surface area contributed by atoms with Crippen molar-refractivity contribution in [3.8, 4) is 0 Å². The Morgan fingerprint density at radius 1 is 1.26 bits per heavy atom. The molecule has 2 fully saturated rings. The van der Waals surface area contributed by atoms with Gasteiger partial charge in [-0.3, -0.25) is 4.79 Å². The van der Waals surface area contributed by atoms with Crippen molar-refractivity contribution in [2.75, 3.05) is 31.1 Å². The Morgan fingerprint density at radius 3 is 2.84 bits per heavy atom. The van der Waals surface area contributed by atoms with Gasteiger partial charge in [0, 0.05) is 38.3 Å². The van der Waals surface area contributed by atoms with Gasteiger partial charge in [-0.05, 0) is 31.4 Å². The van der Waals surface area contributed by atoms with E-state index in [1.54, 1.807) is 6.20 Å². The molecule has 0 radical (unpaired) electrons. The van der Waals surface area contributed by atoms with E-state index in [0.717, 1.165) is 51.3 Å². The van der Waals surface area contributed by atoms with Crippen molar-refractivity contribution in [1.82, 2.24) is 9.88 Å². The first-order chi connectivity index (χ1) is 9.25. The summed E-state index contributed by atoms with van der Waals surface area (Å²) in [5.41, 5.74) is 0. The summed E-state index contributed by atoms with van der Waals surface area (Å²) < 4.78 is 0. The highest BCUT2D eigenvalue weighted by atomic mass is 35.5. The molecule has 102 valence electrons. The van der Waals surface area contributed by atoms with Crippen molar-refractivity contribution in [3.63, 3.8) is 0 Å². The third kappa shape index (κ3) is 2.84. The number of carbonyl (C=O) groups is 1. The molecule has 1 amide bonds. The van der Waals surface area contributed by atoms with Crippen molar-refractivity contribution in [1.29, 1.82) is 0 Å². The number of anilines is 1. The van der Waals surface area contributed by atoms with E-state index >= 15 is 0 Å². The van der Waals surface area contributed by atoms with Crippen LogP contribution in [0.15, 0.2) is 18.3 Å². The van der Waals surface area contributed by atoms with Gasteiger partial charge in [0.05, 0.1) is 5.02 Å². The largest absolute Gasteiger partial charge is 0.354 e. The molecule has 2 aliphatic rings. The summed E-state index contributed by atoms with van der Waals surface area (Å²) in [5, 5.41) is 0.685. The topological polar surface area (TPSA) is 36.4 Å². The second-order valence-corrected chi connectivity index (χ2v) is 5.66. The fraction of sp³-hybridized carbons (Fsp3) is 0.571. The average molecular weight is 280 g/mol. The third-order valence-electron chi connectivity index (χ3n) is 3.77. The first-order valence-electron chi connectivity index (χ1n) is 6.90. The molecule has 1 aromatic rings. The predicted octanol–water partition coefficient (Wildman–Crippen LogP) is 2.18. The van der Waals surface area contributed by atoms with E-state index in [1.165, 1.54) is 0 Å². The zero-order valence-corrected chi connectivity index (χ0v) is 11.6. The quantitative estimate of drug-likeness (QED) is 0.833. The van der Waals surface area contributed by atoms with Gasteiger partial charge >= 0.3 is 0 Å². The van der Waals surface area contributed by atoms with Crippen molar-refractivity contribution >= 4 is 23.3 Å². The zero-order valence-electron chi connectivity index (χ0n) is 10.9. The number of hydrogen-bond donors (Lipinski definition) is 0. The van der Waals surface area contributed by atoms with Crippen molar-refractivity contribution < 1.29 is 4.79 Å². The third-order valence-corrected chi connectivity index (χ3v) is 4.07. The first kappa shape index (κ1) is 12.7. The van der Waals surface area contributed by atoms with Gasteiger partial charge in [-0.25, -0.2) is 4.98 Å². The Bertz CT molecular complexity index is 476. The highest BCUT2D eigenvalue weighted by molar-refractivity contribution is 6.32.